The van der Waals surface area contributed by atoms with Crippen LogP contribution in [0.4, 0.5) is 0 Å². The van der Waals surface area contributed by atoms with Gasteiger partial charge in [-0.15, -0.1) is 0 Å². The average Bonchev–Trinajstić information content (AvgIpc) is 1.88. The summed E-state index contributed by atoms with van der Waals surface area (Å²) in [5.41, 5.74) is 1.23. The molecule has 0 aromatic carbocycles. The first-order valence-electron chi connectivity index (χ1n) is 2.82. The molecule has 2 nitrogen and oxygen atoms in total. The van der Waals surface area contributed by atoms with E-state index in [1.807, 2.05) is 19.1 Å². The highest BCUT2D eigenvalue weighted by Crippen LogP contribution is 2.05. The maximum atomic E-state index is 8.57. The molecule has 60 valence electrons. The summed E-state index contributed by atoms with van der Waals surface area (Å²) >= 11 is 7.57. The van der Waals surface area contributed by atoms with Gasteiger partial charge in [-0.1, -0.05) is 0 Å². The Morgan fingerprint density at radius 3 is 2.55 bits per heavy atom. The Bertz CT molecular complexity index is 212. The summed E-state index contributed by atoms with van der Waals surface area (Å²) in [4.78, 5) is 12.5. The topological polar surface area (TPSA) is 30.0 Å². The minimum atomic E-state index is 0.222. The van der Waals surface area contributed by atoms with Gasteiger partial charge < -0.3 is 0 Å². The van der Waals surface area contributed by atoms with Crippen molar-refractivity contribution in [1.29, 1.82) is 0 Å². The SMILES string of the molecule is Cc1ccnc(Br)c1.O=CCl. The molecule has 0 aliphatic carbocycles. The van der Waals surface area contributed by atoms with Crippen LogP contribution in [0.15, 0.2) is 22.9 Å². The van der Waals surface area contributed by atoms with Crippen molar-refractivity contribution in [3.8, 4) is 0 Å². The van der Waals surface area contributed by atoms with Crippen molar-refractivity contribution in [2.24, 2.45) is 0 Å². The number of hydrogen-bond acceptors (Lipinski definition) is 2. The Kier molecular flexibility index (Phi) is 6.07. The van der Waals surface area contributed by atoms with Crippen molar-refractivity contribution < 1.29 is 4.79 Å². The van der Waals surface area contributed by atoms with Crippen LogP contribution in [0.1, 0.15) is 5.56 Å². The van der Waals surface area contributed by atoms with Crippen LogP contribution in [0.2, 0.25) is 0 Å². The van der Waals surface area contributed by atoms with Crippen molar-refractivity contribution in [3.63, 3.8) is 0 Å². The Morgan fingerprint density at radius 1 is 1.73 bits per heavy atom. The zero-order chi connectivity index (χ0) is 8.69. The van der Waals surface area contributed by atoms with Crippen LogP contribution in [-0.4, -0.2) is 10.7 Å². The summed E-state index contributed by atoms with van der Waals surface area (Å²) in [5, 5.41) is 0. The number of aryl methyl sites for hydroxylation is 1. The Hall–Kier alpha value is -0.410. The van der Waals surface area contributed by atoms with E-state index >= 15 is 0 Å². The normalized spacial score (nSPS) is 7.91. The van der Waals surface area contributed by atoms with Gasteiger partial charge in [-0.05, 0) is 52.2 Å². The molecular weight excluding hydrogens is 229 g/mol. The molecule has 0 saturated carbocycles. The minimum absolute atomic E-state index is 0.222. The fourth-order valence-corrected chi connectivity index (χ4v) is 0.979. The molecule has 0 bridgehead atoms. The Labute approximate surface area is 78.7 Å². The molecule has 0 unspecified atom stereocenters. The van der Waals surface area contributed by atoms with E-state index in [2.05, 4.69) is 32.5 Å². The van der Waals surface area contributed by atoms with Gasteiger partial charge in [0.1, 0.15) is 4.60 Å². The summed E-state index contributed by atoms with van der Waals surface area (Å²) in [6.45, 7) is 2.03. The first-order chi connectivity index (χ1) is 5.20. The second-order valence-electron chi connectivity index (χ2n) is 1.75. The van der Waals surface area contributed by atoms with E-state index in [-0.39, 0.29) is 5.75 Å². The number of carbonyl (C=O) groups excluding carboxylic acids is 1. The van der Waals surface area contributed by atoms with Crippen LogP contribution >= 0.6 is 27.5 Å². The van der Waals surface area contributed by atoms with Crippen molar-refractivity contribution in [2.75, 3.05) is 0 Å². The van der Waals surface area contributed by atoms with Gasteiger partial charge in [0.05, 0.1) is 0 Å². The Morgan fingerprint density at radius 2 is 2.27 bits per heavy atom. The van der Waals surface area contributed by atoms with E-state index in [1.165, 1.54) is 5.56 Å². The zero-order valence-electron chi connectivity index (χ0n) is 5.92. The van der Waals surface area contributed by atoms with Gasteiger partial charge in [0.2, 0.25) is 5.75 Å². The number of hydrogen-bond donors (Lipinski definition) is 0. The molecule has 0 amide bonds. The van der Waals surface area contributed by atoms with Gasteiger partial charge in [0.15, 0.2) is 0 Å². The molecule has 11 heavy (non-hydrogen) atoms. The van der Waals surface area contributed by atoms with Gasteiger partial charge in [-0.3, -0.25) is 4.79 Å². The van der Waals surface area contributed by atoms with E-state index in [4.69, 9.17) is 4.79 Å². The zero-order valence-corrected chi connectivity index (χ0v) is 8.26. The van der Waals surface area contributed by atoms with E-state index in [9.17, 15) is 0 Å². The molecule has 0 aliphatic rings. The molecule has 1 aromatic rings. The predicted octanol–water partition coefficient (Wildman–Crippen LogP) is 2.57. The number of carbonyl (C=O) groups is 1. The first-order valence-corrected chi connectivity index (χ1v) is 4.05. The monoisotopic (exact) mass is 235 g/mol. The largest absolute Gasteiger partial charge is 0.285 e. The summed E-state index contributed by atoms with van der Waals surface area (Å²) in [6.07, 6.45) is 1.78. The number of pyridine rings is 1. The maximum Gasteiger partial charge on any atom is 0.208 e. The van der Waals surface area contributed by atoms with Gasteiger partial charge in [0.25, 0.3) is 0 Å². The Balaban J connectivity index is 0.000000292. The van der Waals surface area contributed by atoms with Crippen LogP contribution in [0.25, 0.3) is 0 Å². The fourth-order valence-electron chi connectivity index (χ4n) is 0.499. The van der Waals surface area contributed by atoms with Gasteiger partial charge in [0, 0.05) is 6.20 Å². The summed E-state index contributed by atoms with van der Waals surface area (Å²) in [5.74, 6) is 0.222. The molecule has 0 fully saturated rings. The third-order valence-electron chi connectivity index (χ3n) is 0.882. The molecule has 0 spiro atoms. The summed E-state index contributed by atoms with van der Waals surface area (Å²) < 4.78 is 0.900. The van der Waals surface area contributed by atoms with Crippen LogP contribution in [-0.2, 0) is 4.79 Å². The lowest BCUT2D eigenvalue weighted by molar-refractivity contribution is 0.569. The lowest BCUT2D eigenvalue weighted by atomic mass is 10.3. The molecule has 4 heteroatoms. The highest BCUT2D eigenvalue weighted by molar-refractivity contribution is 9.10. The second kappa shape index (κ2) is 6.31. The van der Waals surface area contributed by atoms with E-state index in [0.717, 1.165) is 4.60 Å². The van der Waals surface area contributed by atoms with Crippen LogP contribution in [0.5, 0.6) is 0 Å². The minimum Gasteiger partial charge on any atom is -0.285 e. The summed E-state index contributed by atoms with van der Waals surface area (Å²) in [7, 11) is 0. The van der Waals surface area contributed by atoms with E-state index < -0.39 is 0 Å². The van der Waals surface area contributed by atoms with Crippen molar-refractivity contribution >= 4 is 33.3 Å². The van der Waals surface area contributed by atoms with Gasteiger partial charge in [-0.25, -0.2) is 4.98 Å². The number of nitrogens with zero attached hydrogens (tertiary/aromatic N) is 1. The van der Waals surface area contributed by atoms with Crippen molar-refractivity contribution in [1.82, 2.24) is 4.98 Å². The number of halogens is 2. The smallest absolute Gasteiger partial charge is 0.208 e. The molecule has 1 heterocycles. The van der Waals surface area contributed by atoms with E-state index in [0.29, 0.717) is 0 Å². The highest BCUT2D eigenvalue weighted by Gasteiger charge is 1.83. The van der Waals surface area contributed by atoms with Gasteiger partial charge >= 0.3 is 0 Å². The van der Waals surface area contributed by atoms with Crippen molar-refractivity contribution in [2.45, 2.75) is 6.92 Å². The van der Waals surface area contributed by atoms with Crippen LogP contribution in [0, 0.1) is 6.92 Å². The number of rotatable bonds is 0. The molecule has 0 radical (unpaired) electrons. The maximum absolute atomic E-state index is 8.57. The first kappa shape index (κ1) is 10.6. The average molecular weight is 236 g/mol. The molecule has 0 saturated heterocycles. The molecule has 1 aromatic heterocycles. The standard InChI is InChI=1S/C6H6BrN.CHClO/c1-5-2-3-8-6(7)4-5;2-1-3/h2-4H,1H3;1H. The predicted molar refractivity (Wildman–Crippen MR) is 49.3 cm³/mol. The second-order valence-corrected chi connectivity index (χ2v) is 2.74. The molecule has 0 aliphatic heterocycles. The lowest BCUT2D eigenvalue weighted by Crippen LogP contribution is -1.73. The third kappa shape index (κ3) is 6.01. The highest BCUT2D eigenvalue weighted by atomic mass is 79.9. The molecule has 0 atom stereocenters. The number of aromatic nitrogens is 1. The quantitative estimate of drug-likeness (QED) is 0.394. The van der Waals surface area contributed by atoms with Gasteiger partial charge in [-0.2, -0.15) is 0 Å². The third-order valence-corrected chi connectivity index (χ3v) is 1.32. The molecule has 1 rings (SSSR count). The van der Waals surface area contributed by atoms with Crippen LogP contribution < -0.4 is 0 Å². The molecule has 0 N–H and O–H groups in total. The fraction of sp³-hybridized carbons (Fsp3) is 0.143. The summed E-state index contributed by atoms with van der Waals surface area (Å²) in [6, 6.07) is 3.94. The van der Waals surface area contributed by atoms with Crippen LogP contribution in [0.3, 0.4) is 0 Å². The molecular formula is C7H7BrClNO. The lowest BCUT2D eigenvalue weighted by Gasteiger charge is -1.88. The van der Waals surface area contributed by atoms with Crippen molar-refractivity contribution in [3.05, 3.63) is 28.5 Å². The van der Waals surface area contributed by atoms with E-state index in [1.54, 1.807) is 6.20 Å².